The Hall–Kier alpha value is -1.46. The van der Waals surface area contributed by atoms with Gasteiger partial charge in [0.25, 0.3) is 0 Å². The Kier molecular flexibility index (Phi) is 8.04. The second-order valence-corrected chi connectivity index (χ2v) is 7.30. The molecule has 1 amide bonds. The summed E-state index contributed by atoms with van der Waals surface area (Å²) in [6.07, 6.45) is 6.79. The van der Waals surface area contributed by atoms with Gasteiger partial charge in [-0.05, 0) is 69.7 Å². The standard InChI is InChI=1S/C20H30N2O3.ClH/c1-14-11-16(9-10-21-14)20(23)22-13-15-7-8-18(24-2)19(12-15)25-17-5-3-4-6-17;/h7-8,12,14,16-17,21H,3-6,9-11,13H2,1-2H3,(H,22,23);1H/t14-,16-;/m0./s1. The Morgan fingerprint density at radius 2 is 2.00 bits per heavy atom. The van der Waals surface area contributed by atoms with Crippen molar-refractivity contribution in [2.75, 3.05) is 13.7 Å². The minimum absolute atomic E-state index is 0. The normalized spacial score (nSPS) is 23.2. The number of nitrogens with one attached hydrogen (secondary N) is 2. The van der Waals surface area contributed by atoms with E-state index in [1.165, 1.54) is 12.8 Å². The third-order valence-corrected chi connectivity index (χ3v) is 5.29. The molecule has 0 aromatic heterocycles. The van der Waals surface area contributed by atoms with Crippen molar-refractivity contribution in [3.05, 3.63) is 23.8 Å². The molecule has 3 rings (SSSR count). The zero-order valence-corrected chi connectivity index (χ0v) is 16.6. The SMILES string of the molecule is COc1ccc(CNC(=O)[C@H]2CCN[C@@H](C)C2)cc1OC1CCCC1.Cl. The predicted molar refractivity (Wildman–Crippen MR) is 105 cm³/mol. The van der Waals surface area contributed by atoms with Gasteiger partial charge in [0.2, 0.25) is 5.91 Å². The minimum Gasteiger partial charge on any atom is -0.493 e. The molecule has 1 saturated carbocycles. The average molecular weight is 383 g/mol. The van der Waals surface area contributed by atoms with E-state index in [1.54, 1.807) is 7.11 Å². The van der Waals surface area contributed by atoms with Crippen LogP contribution >= 0.6 is 12.4 Å². The number of rotatable bonds is 6. The molecule has 0 spiro atoms. The third kappa shape index (κ3) is 5.52. The molecule has 1 aromatic rings. The number of halogens is 1. The lowest BCUT2D eigenvalue weighted by atomic mass is 9.92. The van der Waals surface area contributed by atoms with Crippen LogP contribution < -0.4 is 20.1 Å². The number of piperidine rings is 1. The van der Waals surface area contributed by atoms with Gasteiger partial charge in [0, 0.05) is 18.5 Å². The summed E-state index contributed by atoms with van der Waals surface area (Å²) < 4.78 is 11.6. The molecular formula is C20H31ClN2O3. The summed E-state index contributed by atoms with van der Waals surface area (Å²) in [4.78, 5) is 12.4. The molecular weight excluding hydrogens is 352 g/mol. The minimum atomic E-state index is 0. The van der Waals surface area contributed by atoms with Gasteiger partial charge in [-0.1, -0.05) is 6.07 Å². The fourth-order valence-electron chi connectivity index (χ4n) is 3.81. The first-order valence-electron chi connectivity index (χ1n) is 9.50. The van der Waals surface area contributed by atoms with Gasteiger partial charge in [-0.3, -0.25) is 4.79 Å². The quantitative estimate of drug-likeness (QED) is 0.791. The van der Waals surface area contributed by atoms with Crippen LogP contribution in [0.2, 0.25) is 0 Å². The highest BCUT2D eigenvalue weighted by atomic mass is 35.5. The van der Waals surface area contributed by atoms with E-state index in [1.807, 2.05) is 18.2 Å². The first-order valence-corrected chi connectivity index (χ1v) is 9.50. The molecule has 6 heteroatoms. The lowest BCUT2D eigenvalue weighted by molar-refractivity contribution is -0.126. The Morgan fingerprint density at radius 3 is 2.69 bits per heavy atom. The van der Waals surface area contributed by atoms with E-state index in [2.05, 4.69) is 17.6 Å². The van der Waals surface area contributed by atoms with Crippen molar-refractivity contribution >= 4 is 18.3 Å². The van der Waals surface area contributed by atoms with Crippen LogP contribution in [0.3, 0.4) is 0 Å². The lowest BCUT2D eigenvalue weighted by Crippen LogP contribution is -2.42. The largest absolute Gasteiger partial charge is 0.493 e. The molecule has 2 atom stereocenters. The Morgan fingerprint density at radius 1 is 1.23 bits per heavy atom. The van der Waals surface area contributed by atoms with Gasteiger partial charge in [0.05, 0.1) is 13.2 Å². The van der Waals surface area contributed by atoms with Gasteiger partial charge in [0.15, 0.2) is 11.5 Å². The summed E-state index contributed by atoms with van der Waals surface area (Å²) in [5.74, 6) is 1.82. The number of ether oxygens (including phenoxy) is 2. The van der Waals surface area contributed by atoms with Gasteiger partial charge in [-0.2, -0.15) is 0 Å². The van der Waals surface area contributed by atoms with Crippen LogP contribution in [0, 0.1) is 5.92 Å². The molecule has 1 aliphatic carbocycles. The highest BCUT2D eigenvalue weighted by Gasteiger charge is 2.24. The molecule has 26 heavy (non-hydrogen) atoms. The molecule has 0 unspecified atom stereocenters. The number of benzene rings is 1. The summed E-state index contributed by atoms with van der Waals surface area (Å²) in [6.45, 7) is 3.58. The van der Waals surface area contributed by atoms with Crippen molar-refractivity contribution in [1.29, 1.82) is 0 Å². The molecule has 2 aliphatic rings. The van der Waals surface area contributed by atoms with Crippen LogP contribution in [-0.2, 0) is 11.3 Å². The van der Waals surface area contributed by atoms with Crippen LogP contribution in [-0.4, -0.2) is 31.7 Å². The molecule has 146 valence electrons. The van der Waals surface area contributed by atoms with E-state index in [4.69, 9.17) is 9.47 Å². The van der Waals surface area contributed by atoms with Crippen molar-refractivity contribution in [3.8, 4) is 11.5 Å². The highest BCUT2D eigenvalue weighted by molar-refractivity contribution is 5.85. The third-order valence-electron chi connectivity index (χ3n) is 5.29. The van der Waals surface area contributed by atoms with Crippen molar-refractivity contribution in [2.45, 2.75) is 64.1 Å². The first kappa shape index (κ1) is 20.8. The van der Waals surface area contributed by atoms with Crippen LogP contribution in [0.5, 0.6) is 11.5 Å². The smallest absolute Gasteiger partial charge is 0.223 e. The van der Waals surface area contributed by atoms with Crippen LogP contribution in [0.4, 0.5) is 0 Å². The molecule has 2 fully saturated rings. The first-order chi connectivity index (χ1) is 12.2. The van der Waals surface area contributed by atoms with Gasteiger partial charge < -0.3 is 20.1 Å². The summed E-state index contributed by atoms with van der Waals surface area (Å²) in [7, 11) is 1.66. The van der Waals surface area contributed by atoms with Gasteiger partial charge in [0.1, 0.15) is 0 Å². The van der Waals surface area contributed by atoms with E-state index in [0.29, 0.717) is 12.6 Å². The van der Waals surface area contributed by atoms with Crippen LogP contribution in [0.15, 0.2) is 18.2 Å². The number of methoxy groups -OCH3 is 1. The number of hydrogen-bond acceptors (Lipinski definition) is 4. The summed E-state index contributed by atoms with van der Waals surface area (Å²) in [5, 5.41) is 6.47. The Bertz CT molecular complexity index is 590. The second kappa shape index (κ2) is 10.0. The van der Waals surface area contributed by atoms with E-state index in [0.717, 1.165) is 49.3 Å². The zero-order chi connectivity index (χ0) is 17.6. The topological polar surface area (TPSA) is 59.6 Å². The molecule has 1 aromatic carbocycles. The fraction of sp³-hybridized carbons (Fsp3) is 0.650. The monoisotopic (exact) mass is 382 g/mol. The van der Waals surface area contributed by atoms with Crippen molar-refractivity contribution in [1.82, 2.24) is 10.6 Å². The van der Waals surface area contributed by atoms with Gasteiger partial charge >= 0.3 is 0 Å². The van der Waals surface area contributed by atoms with Crippen LogP contribution in [0.25, 0.3) is 0 Å². The average Bonchev–Trinajstić information content (AvgIpc) is 3.13. The van der Waals surface area contributed by atoms with Crippen molar-refractivity contribution in [2.24, 2.45) is 5.92 Å². The van der Waals surface area contributed by atoms with Crippen molar-refractivity contribution in [3.63, 3.8) is 0 Å². The molecule has 0 radical (unpaired) electrons. The highest BCUT2D eigenvalue weighted by Crippen LogP contribution is 2.32. The summed E-state index contributed by atoms with van der Waals surface area (Å²) in [5.41, 5.74) is 1.05. The summed E-state index contributed by atoms with van der Waals surface area (Å²) >= 11 is 0. The molecule has 0 bridgehead atoms. The molecule has 5 nitrogen and oxygen atoms in total. The number of carbonyl (C=O) groups is 1. The number of carbonyl (C=O) groups excluding carboxylic acids is 1. The maximum atomic E-state index is 12.4. The van der Waals surface area contributed by atoms with E-state index < -0.39 is 0 Å². The molecule has 1 heterocycles. The van der Waals surface area contributed by atoms with E-state index in [9.17, 15) is 4.79 Å². The van der Waals surface area contributed by atoms with Crippen molar-refractivity contribution < 1.29 is 14.3 Å². The molecule has 2 N–H and O–H groups in total. The fourth-order valence-corrected chi connectivity index (χ4v) is 3.81. The Labute approximate surface area is 162 Å². The maximum absolute atomic E-state index is 12.4. The van der Waals surface area contributed by atoms with E-state index >= 15 is 0 Å². The zero-order valence-electron chi connectivity index (χ0n) is 15.8. The second-order valence-electron chi connectivity index (χ2n) is 7.30. The van der Waals surface area contributed by atoms with E-state index in [-0.39, 0.29) is 30.3 Å². The van der Waals surface area contributed by atoms with Gasteiger partial charge in [-0.15, -0.1) is 12.4 Å². The lowest BCUT2D eigenvalue weighted by Gasteiger charge is -2.27. The number of amides is 1. The predicted octanol–water partition coefficient (Wildman–Crippen LogP) is 3.44. The molecule has 1 aliphatic heterocycles. The van der Waals surface area contributed by atoms with Crippen LogP contribution in [0.1, 0.15) is 51.0 Å². The molecule has 1 saturated heterocycles. The summed E-state index contributed by atoms with van der Waals surface area (Å²) in [6, 6.07) is 6.34. The van der Waals surface area contributed by atoms with Gasteiger partial charge in [-0.25, -0.2) is 0 Å². The Balaban J connectivity index is 0.00000243. The number of hydrogen-bond donors (Lipinski definition) is 2. The maximum Gasteiger partial charge on any atom is 0.223 e.